The molecule has 4 heteroatoms. The van der Waals surface area contributed by atoms with Gasteiger partial charge in [0.1, 0.15) is 5.01 Å². The number of aromatic nitrogens is 1. The van der Waals surface area contributed by atoms with Gasteiger partial charge in [0.15, 0.2) is 0 Å². The molecule has 0 aliphatic carbocycles. The van der Waals surface area contributed by atoms with Crippen molar-refractivity contribution in [3.05, 3.63) is 40.7 Å². The fourth-order valence-electron chi connectivity index (χ4n) is 2.08. The third-order valence-corrected chi connectivity index (χ3v) is 3.92. The van der Waals surface area contributed by atoms with Crippen LogP contribution in [0, 0.1) is 0 Å². The first kappa shape index (κ1) is 11.8. The molecule has 1 fully saturated rings. The van der Waals surface area contributed by atoms with E-state index in [4.69, 9.17) is 9.72 Å². The van der Waals surface area contributed by atoms with Crippen LogP contribution in [-0.2, 0) is 11.3 Å². The largest absolute Gasteiger partial charge is 0.379 e. The van der Waals surface area contributed by atoms with Crippen LogP contribution in [0.2, 0.25) is 0 Å². The van der Waals surface area contributed by atoms with Crippen molar-refractivity contribution in [2.24, 2.45) is 0 Å². The van der Waals surface area contributed by atoms with Crippen molar-refractivity contribution in [2.75, 3.05) is 26.3 Å². The van der Waals surface area contributed by atoms with E-state index in [1.165, 1.54) is 10.6 Å². The van der Waals surface area contributed by atoms with E-state index in [1.54, 1.807) is 11.3 Å². The molecule has 0 amide bonds. The normalized spacial score (nSPS) is 16.9. The van der Waals surface area contributed by atoms with E-state index in [9.17, 15) is 0 Å². The van der Waals surface area contributed by atoms with E-state index in [0.29, 0.717) is 0 Å². The molecule has 0 saturated carbocycles. The lowest BCUT2D eigenvalue weighted by Gasteiger charge is -2.25. The molecule has 0 atom stereocenters. The monoisotopic (exact) mass is 260 g/mol. The van der Waals surface area contributed by atoms with Gasteiger partial charge in [-0.15, -0.1) is 11.3 Å². The van der Waals surface area contributed by atoms with E-state index in [1.807, 2.05) is 6.07 Å². The predicted molar refractivity (Wildman–Crippen MR) is 73.6 cm³/mol. The summed E-state index contributed by atoms with van der Waals surface area (Å²) >= 11 is 1.74. The molecule has 1 aromatic carbocycles. The fraction of sp³-hybridized carbons (Fsp3) is 0.357. The number of rotatable bonds is 3. The minimum atomic E-state index is 0.844. The van der Waals surface area contributed by atoms with Crippen molar-refractivity contribution in [1.29, 1.82) is 0 Å². The number of nitrogens with zero attached hydrogens (tertiary/aromatic N) is 2. The van der Waals surface area contributed by atoms with Gasteiger partial charge in [0.25, 0.3) is 0 Å². The molecule has 0 spiro atoms. The predicted octanol–water partition coefficient (Wildman–Crippen LogP) is 2.64. The Morgan fingerprint density at radius 1 is 1.17 bits per heavy atom. The molecule has 1 aliphatic heterocycles. The average molecular weight is 260 g/mol. The molecule has 2 heterocycles. The maximum atomic E-state index is 5.35. The van der Waals surface area contributed by atoms with Crippen LogP contribution in [0.1, 0.15) is 5.01 Å². The van der Waals surface area contributed by atoms with Crippen LogP contribution in [0.5, 0.6) is 0 Å². The molecule has 0 unspecified atom stereocenters. The Morgan fingerprint density at radius 2 is 1.94 bits per heavy atom. The molecule has 94 valence electrons. The van der Waals surface area contributed by atoms with Crippen molar-refractivity contribution in [3.63, 3.8) is 0 Å². The van der Waals surface area contributed by atoms with Gasteiger partial charge in [-0.2, -0.15) is 0 Å². The van der Waals surface area contributed by atoms with Gasteiger partial charge in [0, 0.05) is 24.0 Å². The van der Waals surface area contributed by atoms with Gasteiger partial charge in [-0.25, -0.2) is 4.98 Å². The van der Waals surface area contributed by atoms with Crippen molar-refractivity contribution >= 4 is 11.3 Å². The lowest BCUT2D eigenvalue weighted by molar-refractivity contribution is 0.0342. The first-order valence-electron chi connectivity index (χ1n) is 6.22. The smallest absolute Gasteiger partial charge is 0.107 e. The Kier molecular flexibility index (Phi) is 3.69. The van der Waals surface area contributed by atoms with Gasteiger partial charge < -0.3 is 4.74 Å². The Hall–Kier alpha value is -1.23. The molecule has 18 heavy (non-hydrogen) atoms. The number of hydrogen-bond acceptors (Lipinski definition) is 4. The van der Waals surface area contributed by atoms with E-state index in [-0.39, 0.29) is 0 Å². The Morgan fingerprint density at radius 3 is 2.72 bits per heavy atom. The summed E-state index contributed by atoms with van der Waals surface area (Å²) in [7, 11) is 0. The van der Waals surface area contributed by atoms with E-state index in [2.05, 4.69) is 34.5 Å². The summed E-state index contributed by atoms with van der Waals surface area (Å²) in [6, 6.07) is 10.3. The van der Waals surface area contributed by atoms with Gasteiger partial charge in [-0.3, -0.25) is 4.90 Å². The third kappa shape index (κ3) is 2.77. The standard InChI is InChI=1S/C14H16N2OS/c1-2-4-12(5-3-1)13-11-18-14(15-13)10-16-6-8-17-9-7-16/h1-5,11H,6-10H2. The summed E-state index contributed by atoms with van der Waals surface area (Å²) in [5.41, 5.74) is 2.28. The second-order valence-corrected chi connectivity index (χ2v) is 5.32. The molecule has 3 rings (SSSR count). The van der Waals surface area contributed by atoms with Crippen LogP contribution in [0.4, 0.5) is 0 Å². The zero-order chi connectivity index (χ0) is 12.2. The Labute approximate surface area is 111 Å². The van der Waals surface area contributed by atoms with Gasteiger partial charge in [-0.05, 0) is 0 Å². The molecule has 2 aromatic rings. The summed E-state index contributed by atoms with van der Waals surface area (Å²) in [4.78, 5) is 7.11. The quantitative estimate of drug-likeness (QED) is 0.848. The summed E-state index contributed by atoms with van der Waals surface area (Å²) in [5, 5.41) is 3.33. The Bertz CT molecular complexity index is 492. The molecule has 1 aromatic heterocycles. The van der Waals surface area contributed by atoms with Crippen LogP contribution >= 0.6 is 11.3 Å². The maximum absolute atomic E-state index is 5.35. The van der Waals surface area contributed by atoms with E-state index >= 15 is 0 Å². The molecule has 0 bridgehead atoms. The number of benzene rings is 1. The zero-order valence-electron chi connectivity index (χ0n) is 10.2. The van der Waals surface area contributed by atoms with Gasteiger partial charge in [0.2, 0.25) is 0 Å². The molecule has 0 radical (unpaired) electrons. The second-order valence-electron chi connectivity index (χ2n) is 4.38. The molecule has 1 aliphatic rings. The molecule has 0 N–H and O–H groups in total. The molecule has 1 saturated heterocycles. The minimum absolute atomic E-state index is 0.844. The molecule has 3 nitrogen and oxygen atoms in total. The minimum Gasteiger partial charge on any atom is -0.379 e. The third-order valence-electron chi connectivity index (χ3n) is 3.08. The maximum Gasteiger partial charge on any atom is 0.107 e. The number of hydrogen-bond donors (Lipinski definition) is 0. The highest BCUT2D eigenvalue weighted by Crippen LogP contribution is 2.22. The van der Waals surface area contributed by atoms with Crippen molar-refractivity contribution < 1.29 is 4.74 Å². The highest BCUT2D eigenvalue weighted by molar-refractivity contribution is 7.09. The van der Waals surface area contributed by atoms with Crippen LogP contribution in [0.3, 0.4) is 0 Å². The summed E-state index contributed by atoms with van der Waals surface area (Å²) in [5.74, 6) is 0. The van der Waals surface area contributed by atoms with Gasteiger partial charge in [0.05, 0.1) is 25.5 Å². The van der Waals surface area contributed by atoms with E-state index in [0.717, 1.165) is 38.5 Å². The summed E-state index contributed by atoms with van der Waals surface area (Å²) in [6.45, 7) is 4.66. The van der Waals surface area contributed by atoms with Crippen molar-refractivity contribution in [1.82, 2.24) is 9.88 Å². The number of ether oxygens (including phenoxy) is 1. The number of thiazole rings is 1. The SMILES string of the molecule is c1ccc(-c2csc(CN3CCOCC3)n2)cc1. The van der Waals surface area contributed by atoms with Crippen molar-refractivity contribution in [3.8, 4) is 11.3 Å². The topological polar surface area (TPSA) is 25.4 Å². The van der Waals surface area contributed by atoms with Crippen LogP contribution in [-0.4, -0.2) is 36.2 Å². The zero-order valence-corrected chi connectivity index (χ0v) is 11.0. The Balaban J connectivity index is 1.69. The summed E-state index contributed by atoms with van der Waals surface area (Å²) in [6.07, 6.45) is 0. The molecular formula is C14H16N2OS. The lowest BCUT2D eigenvalue weighted by Crippen LogP contribution is -2.35. The van der Waals surface area contributed by atoms with E-state index < -0.39 is 0 Å². The molecular weight excluding hydrogens is 244 g/mol. The first-order chi connectivity index (χ1) is 8.92. The van der Waals surface area contributed by atoms with Crippen LogP contribution in [0.15, 0.2) is 35.7 Å². The highest BCUT2D eigenvalue weighted by atomic mass is 32.1. The number of morpholine rings is 1. The summed E-state index contributed by atoms with van der Waals surface area (Å²) < 4.78 is 5.35. The average Bonchev–Trinajstić information content (AvgIpc) is 2.89. The second kappa shape index (κ2) is 5.61. The van der Waals surface area contributed by atoms with Crippen molar-refractivity contribution in [2.45, 2.75) is 6.54 Å². The van der Waals surface area contributed by atoms with Crippen LogP contribution in [0.25, 0.3) is 11.3 Å². The van der Waals surface area contributed by atoms with Crippen LogP contribution < -0.4 is 0 Å². The fourth-order valence-corrected chi connectivity index (χ4v) is 2.92. The first-order valence-corrected chi connectivity index (χ1v) is 7.10. The lowest BCUT2D eigenvalue weighted by atomic mass is 10.2. The van der Waals surface area contributed by atoms with Gasteiger partial charge >= 0.3 is 0 Å². The highest BCUT2D eigenvalue weighted by Gasteiger charge is 2.13. The van der Waals surface area contributed by atoms with Gasteiger partial charge in [-0.1, -0.05) is 30.3 Å².